The Labute approximate surface area is 169 Å². The minimum Gasteiger partial charge on any atom is -0.494 e. The van der Waals surface area contributed by atoms with E-state index in [0.29, 0.717) is 11.9 Å². The molecule has 2 atom stereocenters. The van der Waals surface area contributed by atoms with Crippen LogP contribution in [0.3, 0.4) is 0 Å². The number of hydrogen-bond acceptors (Lipinski definition) is 4. The molecule has 3 fully saturated rings. The summed E-state index contributed by atoms with van der Waals surface area (Å²) in [7, 11) is 0. The highest BCUT2D eigenvalue weighted by Crippen LogP contribution is 2.27. The molecular weight excluding hydrogens is 350 g/mol. The second kappa shape index (κ2) is 9.27. The van der Waals surface area contributed by atoms with Crippen molar-refractivity contribution < 1.29 is 9.53 Å². The first-order valence-electron chi connectivity index (χ1n) is 11.2. The SMILES string of the molecule is C[C@@H]1C(=O)N2CCC[C@@H]2CN1Cc1cccc(OCCCN2CCCCC2)c1. The van der Waals surface area contributed by atoms with E-state index in [9.17, 15) is 4.79 Å². The molecule has 1 aromatic carbocycles. The second-order valence-electron chi connectivity index (χ2n) is 8.68. The average Bonchev–Trinajstić information content (AvgIpc) is 3.19. The molecule has 3 aliphatic rings. The molecule has 3 heterocycles. The first kappa shape index (κ1) is 19.7. The van der Waals surface area contributed by atoms with Gasteiger partial charge in [0, 0.05) is 32.2 Å². The molecule has 3 saturated heterocycles. The van der Waals surface area contributed by atoms with Gasteiger partial charge in [-0.2, -0.15) is 0 Å². The van der Waals surface area contributed by atoms with Crippen LogP contribution in [0.4, 0.5) is 0 Å². The van der Waals surface area contributed by atoms with Crippen LogP contribution >= 0.6 is 0 Å². The van der Waals surface area contributed by atoms with Gasteiger partial charge in [-0.05, 0) is 69.8 Å². The minimum absolute atomic E-state index is 0.0246. The van der Waals surface area contributed by atoms with Crippen LogP contribution in [0.1, 0.15) is 51.0 Å². The lowest BCUT2D eigenvalue weighted by molar-refractivity contribution is -0.143. The van der Waals surface area contributed by atoms with Gasteiger partial charge >= 0.3 is 0 Å². The van der Waals surface area contributed by atoms with Gasteiger partial charge in [-0.3, -0.25) is 9.69 Å². The van der Waals surface area contributed by atoms with Crippen LogP contribution in [0.15, 0.2) is 24.3 Å². The number of ether oxygens (including phenoxy) is 1. The van der Waals surface area contributed by atoms with Crippen molar-refractivity contribution in [2.45, 2.75) is 64.1 Å². The van der Waals surface area contributed by atoms with Crippen LogP contribution in [-0.4, -0.2) is 72.0 Å². The summed E-state index contributed by atoms with van der Waals surface area (Å²) in [6.45, 7) is 9.23. The Balaban J connectivity index is 1.27. The second-order valence-corrected chi connectivity index (χ2v) is 8.68. The Morgan fingerprint density at radius 2 is 1.96 bits per heavy atom. The molecule has 3 aliphatic heterocycles. The van der Waals surface area contributed by atoms with Crippen LogP contribution in [-0.2, 0) is 11.3 Å². The van der Waals surface area contributed by atoms with Crippen molar-refractivity contribution >= 4 is 5.91 Å². The van der Waals surface area contributed by atoms with Crippen molar-refractivity contribution in [1.29, 1.82) is 0 Å². The van der Waals surface area contributed by atoms with Gasteiger partial charge in [0.05, 0.1) is 12.6 Å². The predicted octanol–water partition coefficient (Wildman–Crippen LogP) is 3.14. The largest absolute Gasteiger partial charge is 0.494 e. The monoisotopic (exact) mass is 385 g/mol. The van der Waals surface area contributed by atoms with E-state index in [1.54, 1.807) is 0 Å². The molecule has 0 aromatic heterocycles. The average molecular weight is 386 g/mol. The summed E-state index contributed by atoms with van der Waals surface area (Å²) >= 11 is 0. The van der Waals surface area contributed by atoms with E-state index in [0.717, 1.165) is 57.8 Å². The zero-order valence-electron chi connectivity index (χ0n) is 17.3. The first-order chi connectivity index (χ1) is 13.7. The smallest absolute Gasteiger partial charge is 0.239 e. The molecule has 0 N–H and O–H groups in total. The van der Waals surface area contributed by atoms with Gasteiger partial charge in [-0.1, -0.05) is 18.6 Å². The molecular formula is C23H35N3O2. The number of piperazine rings is 1. The number of hydrogen-bond donors (Lipinski definition) is 0. The van der Waals surface area contributed by atoms with Crippen molar-refractivity contribution in [2.24, 2.45) is 0 Å². The minimum atomic E-state index is -0.0246. The zero-order valence-corrected chi connectivity index (χ0v) is 17.3. The molecule has 0 unspecified atom stereocenters. The molecule has 5 nitrogen and oxygen atoms in total. The van der Waals surface area contributed by atoms with Crippen LogP contribution < -0.4 is 4.74 Å². The van der Waals surface area contributed by atoms with Crippen LogP contribution in [0.5, 0.6) is 5.75 Å². The molecule has 4 rings (SSSR count). The predicted molar refractivity (Wildman–Crippen MR) is 111 cm³/mol. The third-order valence-corrected chi connectivity index (χ3v) is 6.63. The fourth-order valence-corrected chi connectivity index (χ4v) is 4.97. The highest BCUT2D eigenvalue weighted by atomic mass is 16.5. The molecule has 0 spiro atoms. The fourth-order valence-electron chi connectivity index (χ4n) is 4.97. The van der Waals surface area contributed by atoms with Gasteiger partial charge in [-0.25, -0.2) is 0 Å². The molecule has 154 valence electrons. The molecule has 0 radical (unpaired) electrons. The van der Waals surface area contributed by atoms with Crippen molar-refractivity contribution in [3.8, 4) is 5.75 Å². The van der Waals surface area contributed by atoms with E-state index in [1.807, 2.05) is 6.07 Å². The first-order valence-corrected chi connectivity index (χ1v) is 11.2. The summed E-state index contributed by atoms with van der Waals surface area (Å²) in [5.41, 5.74) is 1.24. The number of piperidine rings is 1. The van der Waals surface area contributed by atoms with Crippen LogP contribution in [0, 0.1) is 0 Å². The molecule has 1 aromatic rings. The van der Waals surface area contributed by atoms with E-state index >= 15 is 0 Å². The van der Waals surface area contributed by atoms with E-state index < -0.39 is 0 Å². The maximum Gasteiger partial charge on any atom is 0.239 e. The topological polar surface area (TPSA) is 36.0 Å². The van der Waals surface area contributed by atoms with Crippen LogP contribution in [0.25, 0.3) is 0 Å². The third kappa shape index (κ3) is 4.69. The summed E-state index contributed by atoms with van der Waals surface area (Å²) < 4.78 is 6.02. The van der Waals surface area contributed by atoms with Gasteiger partial charge in [0.1, 0.15) is 5.75 Å². The fraction of sp³-hybridized carbons (Fsp3) is 0.696. The number of rotatable bonds is 7. The maximum atomic E-state index is 12.6. The number of carbonyl (C=O) groups is 1. The van der Waals surface area contributed by atoms with Crippen LogP contribution in [0.2, 0.25) is 0 Å². The van der Waals surface area contributed by atoms with Crippen molar-refractivity contribution in [1.82, 2.24) is 14.7 Å². The Kier molecular flexibility index (Phi) is 6.53. The lowest BCUT2D eigenvalue weighted by Gasteiger charge is -2.41. The molecule has 1 amide bonds. The Bertz CT molecular complexity index is 659. The maximum absolute atomic E-state index is 12.6. The number of amides is 1. The molecule has 28 heavy (non-hydrogen) atoms. The third-order valence-electron chi connectivity index (χ3n) is 6.63. The van der Waals surface area contributed by atoms with Gasteiger partial charge in [0.2, 0.25) is 5.91 Å². The molecule has 5 heteroatoms. The van der Waals surface area contributed by atoms with Gasteiger partial charge in [0.15, 0.2) is 0 Å². The number of benzene rings is 1. The molecule has 0 aliphatic carbocycles. The summed E-state index contributed by atoms with van der Waals surface area (Å²) in [6, 6.07) is 8.82. The zero-order chi connectivity index (χ0) is 19.3. The van der Waals surface area contributed by atoms with Gasteiger partial charge < -0.3 is 14.5 Å². The van der Waals surface area contributed by atoms with E-state index in [4.69, 9.17) is 4.74 Å². The molecule has 0 bridgehead atoms. The lowest BCUT2D eigenvalue weighted by atomic mass is 10.1. The Morgan fingerprint density at radius 1 is 1.11 bits per heavy atom. The standard InChI is InChI=1S/C23H35N3O2/c1-19-23(27)26-14-6-9-21(26)18-25(19)17-20-8-5-10-22(16-20)28-15-7-13-24-11-3-2-4-12-24/h5,8,10,16,19,21H,2-4,6-7,9,11-15,17-18H2,1H3/t19-,21-/m1/s1. The van der Waals surface area contributed by atoms with Crippen molar-refractivity contribution in [3.63, 3.8) is 0 Å². The summed E-state index contributed by atoms with van der Waals surface area (Å²) in [5.74, 6) is 1.26. The van der Waals surface area contributed by atoms with Gasteiger partial charge in [0.25, 0.3) is 0 Å². The Hall–Kier alpha value is -1.59. The quantitative estimate of drug-likeness (QED) is 0.676. The summed E-state index contributed by atoms with van der Waals surface area (Å²) in [4.78, 5) is 19.6. The van der Waals surface area contributed by atoms with Gasteiger partial charge in [-0.15, -0.1) is 0 Å². The number of likely N-dealkylation sites (tertiary alicyclic amines) is 1. The van der Waals surface area contributed by atoms with E-state index in [-0.39, 0.29) is 6.04 Å². The normalized spacial score (nSPS) is 26.5. The summed E-state index contributed by atoms with van der Waals surface area (Å²) in [5, 5.41) is 0. The van der Waals surface area contributed by atoms with Crippen molar-refractivity contribution in [2.75, 3.05) is 39.3 Å². The molecule has 0 saturated carbocycles. The number of carbonyl (C=O) groups excluding carboxylic acids is 1. The highest BCUT2D eigenvalue weighted by Gasteiger charge is 2.39. The van der Waals surface area contributed by atoms with E-state index in [1.165, 1.54) is 37.9 Å². The Morgan fingerprint density at radius 3 is 2.82 bits per heavy atom. The highest BCUT2D eigenvalue weighted by molar-refractivity contribution is 5.83. The van der Waals surface area contributed by atoms with Crippen molar-refractivity contribution in [3.05, 3.63) is 29.8 Å². The number of nitrogens with zero attached hydrogens (tertiary/aromatic N) is 3. The lowest BCUT2D eigenvalue weighted by Crippen LogP contribution is -2.58. The number of fused-ring (bicyclic) bond motifs is 1. The summed E-state index contributed by atoms with van der Waals surface area (Å²) in [6.07, 6.45) is 7.46. The van der Waals surface area contributed by atoms with E-state index in [2.05, 4.69) is 39.8 Å².